The highest BCUT2D eigenvalue weighted by molar-refractivity contribution is 9.09. The number of alkyl halides is 1. The molecule has 66 valence electrons. The fourth-order valence-electron chi connectivity index (χ4n) is 1.20. The van der Waals surface area contributed by atoms with Crippen LogP contribution in [0, 0.1) is 0 Å². The molecule has 0 unspecified atom stereocenters. The van der Waals surface area contributed by atoms with E-state index < -0.39 is 8.07 Å². The van der Waals surface area contributed by atoms with Crippen LogP contribution in [0.5, 0.6) is 0 Å². The van der Waals surface area contributed by atoms with E-state index >= 15 is 0 Å². The Kier molecular flexibility index (Phi) is 3.53. The predicted octanol–water partition coefficient (Wildman–Crippen LogP) is 3.41. The van der Waals surface area contributed by atoms with Crippen molar-refractivity contribution in [2.75, 3.05) is 4.95 Å². The molecule has 0 nitrogen and oxygen atoms in total. The summed E-state index contributed by atoms with van der Waals surface area (Å²) in [7, 11) is -1.00. The Morgan fingerprint density at radius 3 is 2.25 bits per heavy atom. The zero-order chi connectivity index (χ0) is 9.03. The molecule has 0 amide bonds. The van der Waals surface area contributed by atoms with Gasteiger partial charge in [-0.3, -0.25) is 0 Å². The Bertz CT molecular complexity index is 231. The summed E-state index contributed by atoms with van der Waals surface area (Å²) >= 11 is 3.59. The summed E-state index contributed by atoms with van der Waals surface area (Å²) in [5, 5.41) is 0. The second-order valence-electron chi connectivity index (χ2n) is 3.96. The van der Waals surface area contributed by atoms with Gasteiger partial charge in [0.15, 0.2) is 0 Å². The lowest BCUT2D eigenvalue weighted by molar-refractivity contribution is 1.31. The minimum atomic E-state index is -1.00. The van der Waals surface area contributed by atoms with E-state index in [1.807, 2.05) is 0 Å². The molecule has 0 radical (unpaired) electrons. The number of halogens is 1. The zero-order valence-corrected chi connectivity index (χ0v) is 10.3. The van der Waals surface area contributed by atoms with E-state index in [9.17, 15) is 0 Å². The van der Waals surface area contributed by atoms with Crippen LogP contribution in [-0.2, 0) is 6.04 Å². The van der Waals surface area contributed by atoms with Gasteiger partial charge in [-0.15, -0.1) is 0 Å². The van der Waals surface area contributed by atoms with Crippen molar-refractivity contribution in [2.24, 2.45) is 0 Å². The monoisotopic (exact) mass is 242 g/mol. The quantitative estimate of drug-likeness (QED) is 0.563. The summed E-state index contributed by atoms with van der Waals surface area (Å²) in [5.74, 6) is 0. The van der Waals surface area contributed by atoms with Gasteiger partial charge >= 0.3 is 0 Å². The molecule has 1 rings (SSSR count). The fourth-order valence-corrected chi connectivity index (χ4v) is 3.23. The molecule has 0 fully saturated rings. The highest BCUT2D eigenvalue weighted by atomic mass is 79.9. The highest BCUT2D eigenvalue weighted by Gasteiger charge is 2.18. The van der Waals surface area contributed by atoms with Crippen molar-refractivity contribution in [3.05, 3.63) is 35.9 Å². The van der Waals surface area contributed by atoms with Crippen molar-refractivity contribution in [1.82, 2.24) is 0 Å². The molecule has 0 spiro atoms. The molecule has 0 heterocycles. The van der Waals surface area contributed by atoms with Gasteiger partial charge in [0.1, 0.15) is 0 Å². The average Bonchev–Trinajstić information content (AvgIpc) is 2.06. The van der Waals surface area contributed by atoms with Crippen molar-refractivity contribution in [3.8, 4) is 0 Å². The molecular formula is C10H15BrSi. The van der Waals surface area contributed by atoms with Gasteiger partial charge in [-0.2, -0.15) is 0 Å². The molecule has 0 N–H and O–H groups in total. The lowest BCUT2D eigenvalue weighted by atomic mass is 10.2. The topological polar surface area (TPSA) is 0 Å². The molecule has 0 saturated heterocycles. The standard InChI is InChI=1S/C10H15BrSi/c1-12(2,9-11)8-10-6-4-3-5-7-10/h3-7H,8-9H2,1-2H3. The molecule has 2 heteroatoms. The Balaban J connectivity index is 2.64. The average molecular weight is 243 g/mol. The first-order valence-corrected chi connectivity index (χ1v) is 8.77. The third kappa shape index (κ3) is 3.11. The van der Waals surface area contributed by atoms with Crippen molar-refractivity contribution in [2.45, 2.75) is 19.1 Å². The first-order chi connectivity index (χ1) is 5.64. The van der Waals surface area contributed by atoms with E-state index in [0.29, 0.717) is 0 Å². The maximum Gasteiger partial charge on any atom is 0.0630 e. The van der Waals surface area contributed by atoms with Crippen LogP contribution < -0.4 is 0 Å². The van der Waals surface area contributed by atoms with Crippen molar-refractivity contribution >= 4 is 24.0 Å². The van der Waals surface area contributed by atoms with Gasteiger partial charge in [0.25, 0.3) is 0 Å². The summed E-state index contributed by atoms with van der Waals surface area (Å²) in [6.45, 7) is 4.82. The third-order valence-corrected chi connectivity index (χ3v) is 8.53. The van der Waals surface area contributed by atoms with Crippen LogP contribution in [-0.4, -0.2) is 13.0 Å². The van der Waals surface area contributed by atoms with E-state index in [-0.39, 0.29) is 0 Å². The Morgan fingerprint density at radius 2 is 1.75 bits per heavy atom. The summed E-state index contributed by atoms with van der Waals surface area (Å²) in [4.78, 5) is 1.19. The normalized spacial score (nSPS) is 11.6. The van der Waals surface area contributed by atoms with Crippen LogP contribution in [0.15, 0.2) is 30.3 Å². The minimum Gasteiger partial charge on any atom is -0.0961 e. The molecule has 0 aliphatic carbocycles. The Hall–Kier alpha value is -0.0831. The van der Waals surface area contributed by atoms with Crippen LogP contribution in [0.3, 0.4) is 0 Å². The Labute approximate surface area is 84.1 Å². The smallest absolute Gasteiger partial charge is 0.0630 e. The predicted molar refractivity (Wildman–Crippen MR) is 61.4 cm³/mol. The van der Waals surface area contributed by atoms with Crippen LogP contribution in [0.2, 0.25) is 13.1 Å². The van der Waals surface area contributed by atoms with Crippen molar-refractivity contribution in [3.63, 3.8) is 0 Å². The van der Waals surface area contributed by atoms with Crippen molar-refractivity contribution in [1.29, 1.82) is 0 Å². The second-order valence-corrected chi connectivity index (χ2v) is 10.6. The SMILES string of the molecule is C[Si](C)(CBr)Cc1ccccc1. The fraction of sp³-hybridized carbons (Fsp3) is 0.400. The molecule has 0 saturated carbocycles. The van der Waals surface area contributed by atoms with E-state index in [1.165, 1.54) is 16.6 Å². The van der Waals surface area contributed by atoms with Gasteiger partial charge in [-0.05, 0) is 11.0 Å². The molecule has 0 aliphatic heterocycles. The first kappa shape index (κ1) is 10.0. The third-order valence-electron chi connectivity index (χ3n) is 1.89. The van der Waals surface area contributed by atoms with Crippen molar-refractivity contribution < 1.29 is 0 Å². The summed E-state index contributed by atoms with van der Waals surface area (Å²) in [6.07, 6.45) is 0. The number of hydrogen-bond donors (Lipinski definition) is 0. The van der Waals surface area contributed by atoms with Crippen LogP contribution in [0.1, 0.15) is 5.56 Å². The van der Waals surface area contributed by atoms with Crippen LogP contribution in [0.4, 0.5) is 0 Å². The van der Waals surface area contributed by atoms with Crippen LogP contribution in [0.25, 0.3) is 0 Å². The summed E-state index contributed by atoms with van der Waals surface area (Å²) in [6, 6.07) is 12.0. The minimum absolute atomic E-state index is 1.00. The molecule has 12 heavy (non-hydrogen) atoms. The first-order valence-electron chi connectivity index (χ1n) is 4.24. The lowest BCUT2D eigenvalue weighted by Crippen LogP contribution is -2.31. The van der Waals surface area contributed by atoms with Gasteiger partial charge in [-0.25, -0.2) is 0 Å². The summed E-state index contributed by atoms with van der Waals surface area (Å²) < 4.78 is 0. The molecular weight excluding hydrogens is 228 g/mol. The number of benzene rings is 1. The van der Waals surface area contributed by atoms with Gasteiger partial charge in [0, 0.05) is 0 Å². The van der Waals surface area contributed by atoms with Gasteiger partial charge in [0.05, 0.1) is 8.07 Å². The van der Waals surface area contributed by atoms with E-state index in [2.05, 4.69) is 59.4 Å². The maximum atomic E-state index is 3.59. The molecule has 0 aromatic heterocycles. The maximum absolute atomic E-state index is 3.59. The number of rotatable bonds is 3. The van der Waals surface area contributed by atoms with Gasteiger partial charge in [-0.1, -0.05) is 64.9 Å². The molecule has 0 aliphatic rings. The zero-order valence-electron chi connectivity index (χ0n) is 7.68. The number of hydrogen-bond acceptors (Lipinski definition) is 0. The van der Waals surface area contributed by atoms with Gasteiger partial charge < -0.3 is 0 Å². The molecule has 0 atom stereocenters. The van der Waals surface area contributed by atoms with Crippen LogP contribution >= 0.6 is 15.9 Å². The van der Waals surface area contributed by atoms with Gasteiger partial charge in [0.2, 0.25) is 0 Å². The largest absolute Gasteiger partial charge is 0.0961 e. The van der Waals surface area contributed by atoms with E-state index in [1.54, 1.807) is 0 Å². The Morgan fingerprint density at radius 1 is 1.17 bits per heavy atom. The molecule has 1 aromatic rings. The molecule has 0 bridgehead atoms. The second kappa shape index (κ2) is 4.24. The van der Waals surface area contributed by atoms with E-state index in [0.717, 1.165) is 0 Å². The highest BCUT2D eigenvalue weighted by Crippen LogP contribution is 2.13. The molecule has 1 aromatic carbocycles. The van der Waals surface area contributed by atoms with E-state index in [4.69, 9.17) is 0 Å². The lowest BCUT2D eigenvalue weighted by Gasteiger charge is -2.18. The summed E-state index contributed by atoms with van der Waals surface area (Å²) in [5.41, 5.74) is 1.48.